The second-order valence-corrected chi connectivity index (χ2v) is 2.41. The van der Waals surface area contributed by atoms with Crippen LogP contribution in [0.4, 0.5) is 0 Å². The molecular formula is C6H18Cl2N2O4. The van der Waals surface area contributed by atoms with E-state index in [1.165, 1.54) is 0 Å². The van der Waals surface area contributed by atoms with E-state index >= 15 is 0 Å². The summed E-state index contributed by atoms with van der Waals surface area (Å²) in [5.74, 6) is -1.05. The van der Waals surface area contributed by atoms with Gasteiger partial charge in [0.05, 0.1) is 6.10 Å². The van der Waals surface area contributed by atoms with E-state index in [2.05, 4.69) is 0 Å². The second kappa shape index (κ2) is 12.9. The highest BCUT2D eigenvalue weighted by Crippen LogP contribution is 1.98. The van der Waals surface area contributed by atoms with Crippen LogP contribution in [-0.4, -0.2) is 40.3 Å². The molecule has 0 fully saturated rings. The third-order valence-corrected chi connectivity index (χ3v) is 1.40. The van der Waals surface area contributed by atoms with E-state index in [-0.39, 0.29) is 43.3 Å². The number of carboxylic acids is 1. The first-order valence-electron chi connectivity index (χ1n) is 3.44. The Kier molecular flexibility index (Phi) is 21.7. The molecule has 0 saturated heterocycles. The zero-order valence-corrected chi connectivity index (χ0v) is 9.18. The molecule has 0 aromatic carbocycles. The summed E-state index contributed by atoms with van der Waals surface area (Å²) >= 11 is 0. The normalized spacial score (nSPS) is 12.5. The number of hydrogen-bond donors (Lipinski definition) is 4. The lowest BCUT2D eigenvalue weighted by molar-refractivity contribution is -0.138. The predicted molar refractivity (Wildman–Crippen MR) is 58.0 cm³/mol. The molecule has 8 N–H and O–H groups in total. The van der Waals surface area contributed by atoms with Crippen LogP contribution >= 0.6 is 24.8 Å². The molecule has 0 heterocycles. The quantitative estimate of drug-likeness (QED) is 0.472. The average molecular weight is 253 g/mol. The van der Waals surface area contributed by atoms with Crippen molar-refractivity contribution in [3.63, 3.8) is 0 Å². The molecule has 2 atom stereocenters. The highest BCUT2D eigenvalue weighted by atomic mass is 35.5. The first kappa shape index (κ1) is 23.6. The van der Waals surface area contributed by atoms with Crippen LogP contribution < -0.4 is 11.5 Å². The van der Waals surface area contributed by atoms with Crippen molar-refractivity contribution in [1.82, 2.24) is 0 Å². The van der Waals surface area contributed by atoms with Crippen LogP contribution in [-0.2, 0) is 4.79 Å². The van der Waals surface area contributed by atoms with Gasteiger partial charge in [0.25, 0.3) is 0 Å². The summed E-state index contributed by atoms with van der Waals surface area (Å²) in [5.41, 5.74) is 10.3. The van der Waals surface area contributed by atoms with Gasteiger partial charge in [0.15, 0.2) is 0 Å². The topological polar surface area (TPSA) is 141 Å². The van der Waals surface area contributed by atoms with E-state index in [1.807, 2.05) is 0 Å². The predicted octanol–water partition coefficient (Wildman–Crippen LogP) is -1.48. The van der Waals surface area contributed by atoms with Crippen molar-refractivity contribution in [2.24, 2.45) is 11.5 Å². The van der Waals surface area contributed by atoms with Gasteiger partial charge in [0.2, 0.25) is 0 Å². The smallest absolute Gasteiger partial charge is 0.320 e. The molecule has 90 valence electrons. The van der Waals surface area contributed by atoms with Gasteiger partial charge in [-0.1, -0.05) is 0 Å². The lowest BCUT2D eigenvalue weighted by Crippen LogP contribution is -2.32. The van der Waals surface area contributed by atoms with Crippen molar-refractivity contribution in [3.8, 4) is 0 Å². The number of rotatable bonds is 5. The molecule has 0 bridgehead atoms. The molecule has 8 heteroatoms. The second-order valence-electron chi connectivity index (χ2n) is 2.41. The molecule has 0 aliphatic heterocycles. The van der Waals surface area contributed by atoms with Crippen LogP contribution in [0, 0.1) is 0 Å². The van der Waals surface area contributed by atoms with Gasteiger partial charge in [-0.25, -0.2) is 0 Å². The van der Waals surface area contributed by atoms with Crippen LogP contribution in [0.15, 0.2) is 0 Å². The van der Waals surface area contributed by atoms with E-state index in [1.54, 1.807) is 0 Å². The number of halogens is 2. The SMILES string of the molecule is Cl.Cl.NCC(O)CCC(N)C(=O)O.O. The molecule has 0 aromatic heterocycles. The first-order valence-corrected chi connectivity index (χ1v) is 3.44. The largest absolute Gasteiger partial charge is 0.480 e. The first-order chi connectivity index (χ1) is 5.07. The molecule has 0 aliphatic carbocycles. The molecule has 0 spiro atoms. The van der Waals surface area contributed by atoms with E-state index in [0.717, 1.165) is 0 Å². The van der Waals surface area contributed by atoms with E-state index in [0.29, 0.717) is 6.42 Å². The highest BCUT2D eigenvalue weighted by Gasteiger charge is 2.12. The molecule has 0 amide bonds. The van der Waals surface area contributed by atoms with Crippen molar-refractivity contribution in [2.45, 2.75) is 25.0 Å². The minimum atomic E-state index is -1.05. The van der Waals surface area contributed by atoms with Gasteiger partial charge < -0.3 is 27.2 Å². The van der Waals surface area contributed by atoms with Crippen LogP contribution in [0.1, 0.15) is 12.8 Å². The summed E-state index contributed by atoms with van der Waals surface area (Å²) < 4.78 is 0. The Balaban J connectivity index is -0.000000167. The number of nitrogens with two attached hydrogens (primary N) is 2. The molecule has 0 saturated carbocycles. The maximum atomic E-state index is 10.2. The van der Waals surface area contributed by atoms with Crippen molar-refractivity contribution < 1.29 is 20.5 Å². The number of carbonyl (C=O) groups is 1. The van der Waals surface area contributed by atoms with Gasteiger partial charge in [-0.2, -0.15) is 0 Å². The van der Waals surface area contributed by atoms with Crippen molar-refractivity contribution in [1.29, 1.82) is 0 Å². The lowest BCUT2D eigenvalue weighted by Gasteiger charge is -2.09. The monoisotopic (exact) mass is 252 g/mol. The average Bonchev–Trinajstić information content (AvgIpc) is 1.99. The molecule has 0 rings (SSSR count). The van der Waals surface area contributed by atoms with Crippen LogP contribution in [0.25, 0.3) is 0 Å². The van der Waals surface area contributed by atoms with Crippen LogP contribution in [0.5, 0.6) is 0 Å². The summed E-state index contributed by atoms with van der Waals surface area (Å²) in [4.78, 5) is 10.2. The van der Waals surface area contributed by atoms with E-state index < -0.39 is 18.1 Å². The van der Waals surface area contributed by atoms with Gasteiger partial charge in [-0.15, -0.1) is 24.8 Å². The highest BCUT2D eigenvalue weighted by molar-refractivity contribution is 5.85. The zero-order valence-electron chi connectivity index (χ0n) is 7.55. The lowest BCUT2D eigenvalue weighted by atomic mass is 10.1. The Morgan fingerprint density at radius 2 is 1.71 bits per heavy atom. The molecule has 0 aliphatic rings. The minimum Gasteiger partial charge on any atom is -0.480 e. The van der Waals surface area contributed by atoms with Gasteiger partial charge in [-0.05, 0) is 12.8 Å². The molecular weight excluding hydrogens is 235 g/mol. The third-order valence-electron chi connectivity index (χ3n) is 1.40. The van der Waals surface area contributed by atoms with Crippen molar-refractivity contribution >= 4 is 30.8 Å². The summed E-state index contributed by atoms with van der Waals surface area (Å²) in [5, 5.41) is 17.2. The van der Waals surface area contributed by atoms with Crippen molar-refractivity contribution in [3.05, 3.63) is 0 Å². The summed E-state index contributed by atoms with van der Waals surface area (Å²) in [6.45, 7) is 0.145. The van der Waals surface area contributed by atoms with Gasteiger partial charge in [-0.3, -0.25) is 4.79 Å². The molecule has 0 aromatic rings. The standard InChI is InChI=1S/C6H14N2O3.2ClH.H2O/c7-3-4(9)1-2-5(8)6(10)11;;;/h4-5,9H,1-3,7-8H2,(H,10,11);2*1H;1H2. The number of hydrogen-bond acceptors (Lipinski definition) is 4. The molecule has 0 radical (unpaired) electrons. The Labute approximate surface area is 94.8 Å². The van der Waals surface area contributed by atoms with Gasteiger partial charge in [0.1, 0.15) is 6.04 Å². The summed E-state index contributed by atoms with van der Waals surface area (Å²) in [6, 6.07) is -0.892. The van der Waals surface area contributed by atoms with Crippen LogP contribution in [0.3, 0.4) is 0 Å². The fourth-order valence-corrected chi connectivity index (χ4v) is 0.613. The summed E-state index contributed by atoms with van der Waals surface area (Å²) in [6.07, 6.45) is -0.0436. The Bertz CT molecular complexity index is 139. The number of aliphatic hydroxyl groups excluding tert-OH is 1. The van der Waals surface area contributed by atoms with Gasteiger partial charge in [0, 0.05) is 6.54 Å². The van der Waals surface area contributed by atoms with Crippen LogP contribution in [0.2, 0.25) is 0 Å². The Hall–Kier alpha value is -0.110. The number of carboxylic acid groups (broad SMARTS) is 1. The summed E-state index contributed by atoms with van der Waals surface area (Å²) in [7, 11) is 0. The molecule has 14 heavy (non-hydrogen) atoms. The Morgan fingerprint density at radius 1 is 1.29 bits per heavy atom. The number of aliphatic carboxylic acids is 1. The minimum absolute atomic E-state index is 0. The molecule has 2 unspecified atom stereocenters. The van der Waals surface area contributed by atoms with Gasteiger partial charge >= 0.3 is 5.97 Å². The fraction of sp³-hybridized carbons (Fsp3) is 0.833. The van der Waals surface area contributed by atoms with E-state index in [4.69, 9.17) is 21.7 Å². The molecule has 6 nitrogen and oxygen atoms in total. The van der Waals surface area contributed by atoms with Crippen molar-refractivity contribution in [2.75, 3.05) is 6.54 Å². The number of aliphatic hydroxyl groups is 1. The zero-order chi connectivity index (χ0) is 8.85. The Morgan fingerprint density at radius 3 is 2.00 bits per heavy atom. The van der Waals surface area contributed by atoms with E-state index in [9.17, 15) is 4.79 Å². The maximum Gasteiger partial charge on any atom is 0.320 e. The third kappa shape index (κ3) is 11.9. The fourth-order valence-electron chi connectivity index (χ4n) is 0.613. The maximum absolute atomic E-state index is 10.2.